The zero-order valence-corrected chi connectivity index (χ0v) is 14.9. The lowest BCUT2D eigenvalue weighted by molar-refractivity contribution is -0.928. The van der Waals surface area contributed by atoms with Crippen molar-refractivity contribution in [2.45, 2.75) is 25.4 Å². The van der Waals surface area contributed by atoms with E-state index < -0.39 is 0 Å². The Kier molecular flexibility index (Phi) is 3.36. The van der Waals surface area contributed by atoms with Gasteiger partial charge in [-0.3, -0.25) is 0 Å². The van der Waals surface area contributed by atoms with Crippen LogP contribution in [0.3, 0.4) is 0 Å². The molecule has 0 aromatic heterocycles. The van der Waals surface area contributed by atoms with Gasteiger partial charge in [0.15, 0.2) is 23.0 Å². The average molecular weight is 355 g/mol. The van der Waals surface area contributed by atoms with Gasteiger partial charge >= 0.3 is 0 Å². The zero-order chi connectivity index (χ0) is 17.9. The molecule has 3 aliphatic heterocycles. The van der Waals surface area contributed by atoms with Gasteiger partial charge in [-0.1, -0.05) is 6.07 Å². The third-order valence-corrected chi connectivity index (χ3v) is 5.91. The molecule has 0 radical (unpaired) electrons. The molecule has 2 atom stereocenters. The summed E-state index contributed by atoms with van der Waals surface area (Å²) in [5.41, 5.74) is 4.42. The quantitative estimate of drug-likeness (QED) is 0.612. The molecule has 0 unspecified atom stereocenters. The van der Waals surface area contributed by atoms with Crippen LogP contribution >= 0.6 is 0 Å². The lowest BCUT2D eigenvalue weighted by atomic mass is 9.83. The fourth-order valence-electron chi connectivity index (χ4n) is 4.58. The van der Waals surface area contributed by atoms with E-state index in [2.05, 4.69) is 6.07 Å². The Hall–Kier alpha value is -2.44. The van der Waals surface area contributed by atoms with Gasteiger partial charge in [-0.2, -0.15) is 0 Å². The number of rotatable bonds is 2. The summed E-state index contributed by atoms with van der Waals surface area (Å²) in [5.74, 6) is 2.90. The number of fused-ring (bicyclic) bond motifs is 5. The van der Waals surface area contributed by atoms with E-state index >= 15 is 0 Å². The molecule has 26 heavy (non-hydrogen) atoms. The van der Waals surface area contributed by atoms with Gasteiger partial charge in [-0.05, 0) is 29.3 Å². The molecule has 0 spiro atoms. The van der Waals surface area contributed by atoms with Gasteiger partial charge in [0.2, 0.25) is 6.79 Å². The highest BCUT2D eigenvalue weighted by atomic mass is 16.7. The molecule has 0 fully saturated rings. The topological polar surface area (TPSA) is 60.0 Å². The molecule has 2 aromatic rings. The van der Waals surface area contributed by atoms with Crippen molar-refractivity contribution in [2.75, 3.05) is 27.6 Å². The summed E-state index contributed by atoms with van der Waals surface area (Å²) in [6.07, 6.45) is 1.43. The molecule has 0 saturated carbocycles. The highest BCUT2D eigenvalue weighted by Gasteiger charge is 2.42. The Morgan fingerprint density at radius 3 is 2.65 bits per heavy atom. The van der Waals surface area contributed by atoms with Crippen LogP contribution in [0.4, 0.5) is 0 Å². The molecule has 3 aliphatic rings. The SMILES string of the molecule is COc1ccc2c(c1OC)C[N@+]1([O-])CCc3cc4c(cc3[C@@H]1C2)OCO4. The zero-order valence-electron chi connectivity index (χ0n) is 14.9. The number of nitrogens with zero attached hydrogens (tertiary/aromatic N) is 1. The summed E-state index contributed by atoms with van der Waals surface area (Å²) in [7, 11) is 3.25. The highest BCUT2D eigenvalue weighted by molar-refractivity contribution is 5.54. The Balaban J connectivity index is 1.62. The minimum absolute atomic E-state index is 0.126. The second-order valence-corrected chi connectivity index (χ2v) is 7.15. The summed E-state index contributed by atoms with van der Waals surface area (Å²) in [6.45, 7) is 1.20. The minimum atomic E-state index is -0.261. The van der Waals surface area contributed by atoms with E-state index in [0.717, 1.165) is 34.6 Å². The number of methoxy groups -OCH3 is 2. The van der Waals surface area contributed by atoms with Crippen LogP contribution in [0.15, 0.2) is 24.3 Å². The maximum absolute atomic E-state index is 13.8. The van der Waals surface area contributed by atoms with Crippen molar-refractivity contribution in [2.24, 2.45) is 0 Å². The van der Waals surface area contributed by atoms with Crippen molar-refractivity contribution in [3.05, 3.63) is 51.7 Å². The molecule has 136 valence electrons. The molecule has 0 bridgehead atoms. The normalized spacial score (nSPS) is 25.1. The van der Waals surface area contributed by atoms with Gasteiger partial charge in [0.25, 0.3) is 0 Å². The lowest BCUT2D eigenvalue weighted by Gasteiger charge is -2.54. The Bertz CT molecular complexity index is 896. The molecule has 5 rings (SSSR count). The van der Waals surface area contributed by atoms with Crippen LogP contribution in [0.2, 0.25) is 0 Å². The van der Waals surface area contributed by atoms with E-state index in [9.17, 15) is 5.21 Å². The number of ether oxygens (including phenoxy) is 4. The van der Waals surface area contributed by atoms with Crippen molar-refractivity contribution < 1.29 is 23.6 Å². The van der Waals surface area contributed by atoms with Gasteiger partial charge in [-0.15, -0.1) is 0 Å². The molecule has 3 heterocycles. The molecule has 2 aromatic carbocycles. The van der Waals surface area contributed by atoms with Gasteiger partial charge in [0.1, 0.15) is 12.6 Å². The number of hydrogen-bond donors (Lipinski definition) is 0. The fourth-order valence-corrected chi connectivity index (χ4v) is 4.58. The summed E-state index contributed by atoms with van der Waals surface area (Å²) in [6, 6.07) is 7.91. The third kappa shape index (κ3) is 2.12. The van der Waals surface area contributed by atoms with E-state index in [4.69, 9.17) is 18.9 Å². The van der Waals surface area contributed by atoms with Gasteiger partial charge in [0.05, 0.1) is 26.3 Å². The predicted molar refractivity (Wildman–Crippen MR) is 94.5 cm³/mol. The van der Waals surface area contributed by atoms with Crippen LogP contribution in [0.5, 0.6) is 23.0 Å². The number of hydroxylamine groups is 3. The minimum Gasteiger partial charge on any atom is -0.632 e. The molecular formula is C20H21NO5. The number of quaternary nitrogens is 1. The maximum Gasteiger partial charge on any atom is 0.231 e. The van der Waals surface area contributed by atoms with Crippen molar-refractivity contribution in [1.82, 2.24) is 0 Å². The molecule has 6 heteroatoms. The van der Waals surface area contributed by atoms with Crippen molar-refractivity contribution >= 4 is 0 Å². The van der Waals surface area contributed by atoms with E-state index in [1.807, 2.05) is 18.2 Å². The Morgan fingerprint density at radius 1 is 1.08 bits per heavy atom. The van der Waals surface area contributed by atoms with Crippen molar-refractivity contribution in [3.8, 4) is 23.0 Å². The van der Waals surface area contributed by atoms with E-state index in [1.165, 1.54) is 5.56 Å². The molecule has 0 N–H and O–H groups in total. The molecule has 6 nitrogen and oxygen atoms in total. The fraction of sp³-hybridized carbons (Fsp3) is 0.400. The second kappa shape index (κ2) is 5.53. The van der Waals surface area contributed by atoms with Crippen LogP contribution < -0.4 is 18.9 Å². The van der Waals surface area contributed by atoms with Gasteiger partial charge < -0.3 is 28.8 Å². The van der Waals surface area contributed by atoms with Crippen molar-refractivity contribution in [1.29, 1.82) is 0 Å². The first kappa shape index (κ1) is 15.8. The first-order chi connectivity index (χ1) is 12.6. The first-order valence-corrected chi connectivity index (χ1v) is 8.86. The number of benzene rings is 2. The standard InChI is InChI=1S/C20H21NO5/c1-23-17-4-3-12-7-16-14-9-19-18(25-11-26-19)8-13(14)5-6-21(16,22)10-15(12)20(17)24-2/h3-4,8-9,16H,5-7,10-11H2,1-2H3/t16-,21+/m0/s1. The summed E-state index contributed by atoms with van der Waals surface area (Å²) in [4.78, 5) is 0. The average Bonchev–Trinajstić information content (AvgIpc) is 3.11. The van der Waals surface area contributed by atoms with Gasteiger partial charge in [-0.25, -0.2) is 0 Å². The molecule has 0 saturated heterocycles. The van der Waals surface area contributed by atoms with Crippen LogP contribution in [-0.2, 0) is 19.4 Å². The second-order valence-electron chi connectivity index (χ2n) is 7.15. The van der Waals surface area contributed by atoms with Crippen LogP contribution in [0, 0.1) is 5.21 Å². The number of hydrogen-bond acceptors (Lipinski definition) is 5. The Labute approximate surface area is 152 Å². The summed E-state index contributed by atoms with van der Waals surface area (Å²) >= 11 is 0. The molecular weight excluding hydrogens is 334 g/mol. The van der Waals surface area contributed by atoms with Crippen LogP contribution in [0.25, 0.3) is 0 Å². The first-order valence-electron chi connectivity index (χ1n) is 8.86. The van der Waals surface area contributed by atoms with Gasteiger partial charge in [0, 0.05) is 18.4 Å². The smallest absolute Gasteiger partial charge is 0.231 e. The van der Waals surface area contributed by atoms with E-state index in [1.54, 1.807) is 14.2 Å². The Morgan fingerprint density at radius 2 is 1.88 bits per heavy atom. The lowest BCUT2D eigenvalue weighted by Crippen LogP contribution is -2.52. The van der Waals surface area contributed by atoms with E-state index in [0.29, 0.717) is 31.0 Å². The monoisotopic (exact) mass is 355 g/mol. The third-order valence-electron chi connectivity index (χ3n) is 5.91. The molecule has 0 aliphatic carbocycles. The largest absolute Gasteiger partial charge is 0.632 e. The summed E-state index contributed by atoms with van der Waals surface area (Å²) in [5, 5.41) is 13.8. The summed E-state index contributed by atoms with van der Waals surface area (Å²) < 4.78 is 21.8. The van der Waals surface area contributed by atoms with E-state index in [-0.39, 0.29) is 17.5 Å². The van der Waals surface area contributed by atoms with Crippen LogP contribution in [0.1, 0.15) is 28.3 Å². The van der Waals surface area contributed by atoms with Crippen LogP contribution in [-0.4, -0.2) is 32.2 Å². The maximum atomic E-state index is 13.8. The molecule has 0 amide bonds. The van der Waals surface area contributed by atoms with Crippen molar-refractivity contribution in [3.63, 3.8) is 0 Å². The predicted octanol–water partition coefficient (Wildman–Crippen LogP) is 3.10. The highest BCUT2D eigenvalue weighted by Crippen LogP contribution is 2.49.